The number of hydrogen-bond acceptors (Lipinski definition) is 7. The Balaban J connectivity index is 2.00. The average molecular weight is 340 g/mol. The largest absolute Gasteiger partial charge is 0.493 e. The van der Waals surface area contributed by atoms with Crippen molar-refractivity contribution in [1.82, 2.24) is 4.90 Å². The SMILES string of the molecule is COc1cc(C(O)C(O)CN)ccc1OCC(=O)N1CCOCC1. The minimum atomic E-state index is -1.12. The van der Waals surface area contributed by atoms with Crippen molar-refractivity contribution in [2.45, 2.75) is 12.2 Å². The van der Waals surface area contributed by atoms with Gasteiger partial charge < -0.3 is 35.1 Å². The first-order valence-corrected chi connectivity index (χ1v) is 7.79. The van der Waals surface area contributed by atoms with Gasteiger partial charge in [0.05, 0.1) is 26.4 Å². The van der Waals surface area contributed by atoms with E-state index in [4.69, 9.17) is 19.9 Å². The summed E-state index contributed by atoms with van der Waals surface area (Å²) < 4.78 is 16.0. The van der Waals surface area contributed by atoms with Crippen molar-refractivity contribution < 1.29 is 29.2 Å². The van der Waals surface area contributed by atoms with E-state index >= 15 is 0 Å². The molecule has 1 aliphatic rings. The van der Waals surface area contributed by atoms with Gasteiger partial charge in [0.2, 0.25) is 0 Å². The number of nitrogens with zero attached hydrogens (tertiary/aromatic N) is 1. The predicted octanol–water partition coefficient (Wildman–Crippen LogP) is -0.714. The van der Waals surface area contributed by atoms with E-state index in [-0.39, 0.29) is 19.1 Å². The highest BCUT2D eigenvalue weighted by atomic mass is 16.5. The highest BCUT2D eigenvalue weighted by Crippen LogP contribution is 2.31. The number of rotatable bonds is 7. The first-order chi connectivity index (χ1) is 11.6. The number of morpholine rings is 1. The van der Waals surface area contributed by atoms with E-state index in [0.717, 1.165) is 0 Å². The number of aliphatic hydroxyl groups is 2. The minimum Gasteiger partial charge on any atom is -0.493 e. The number of amides is 1. The monoisotopic (exact) mass is 340 g/mol. The zero-order valence-electron chi connectivity index (χ0n) is 13.7. The third-order valence-corrected chi connectivity index (χ3v) is 3.85. The second kappa shape index (κ2) is 8.84. The summed E-state index contributed by atoms with van der Waals surface area (Å²) in [4.78, 5) is 13.8. The molecule has 1 amide bonds. The molecule has 8 nitrogen and oxygen atoms in total. The maximum absolute atomic E-state index is 12.1. The maximum Gasteiger partial charge on any atom is 0.260 e. The number of hydrogen-bond donors (Lipinski definition) is 3. The van der Waals surface area contributed by atoms with Gasteiger partial charge in [-0.25, -0.2) is 0 Å². The van der Waals surface area contributed by atoms with Crippen LogP contribution in [0.2, 0.25) is 0 Å². The van der Waals surface area contributed by atoms with Crippen LogP contribution in [0, 0.1) is 0 Å². The van der Waals surface area contributed by atoms with Crippen molar-refractivity contribution in [3.8, 4) is 11.5 Å². The van der Waals surface area contributed by atoms with Crippen molar-refractivity contribution in [3.05, 3.63) is 23.8 Å². The lowest BCUT2D eigenvalue weighted by Crippen LogP contribution is -2.43. The van der Waals surface area contributed by atoms with E-state index in [1.54, 1.807) is 23.1 Å². The molecule has 2 unspecified atom stereocenters. The summed E-state index contributed by atoms with van der Waals surface area (Å²) in [5, 5.41) is 19.6. The topological polar surface area (TPSA) is 114 Å². The van der Waals surface area contributed by atoms with E-state index < -0.39 is 12.2 Å². The van der Waals surface area contributed by atoms with Crippen LogP contribution in [0.3, 0.4) is 0 Å². The normalized spacial score (nSPS) is 17.2. The summed E-state index contributed by atoms with van der Waals surface area (Å²) in [6.45, 7) is 2.01. The second-order valence-electron chi connectivity index (χ2n) is 5.44. The number of benzene rings is 1. The second-order valence-corrected chi connectivity index (χ2v) is 5.44. The summed E-state index contributed by atoms with van der Waals surface area (Å²) in [5.74, 6) is 0.630. The van der Waals surface area contributed by atoms with E-state index in [1.165, 1.54) is 7.11 Å². The molecule has 0 aliphatic carbocycles. The Kier molecular flexibility index (Phi) is 6.80. The van der Waals surface area contributed by atoms with Gasteiger partial charge in [-0.2, -0.15) is 0 Å². The summed E-state index contributed by atoms with van der Waals surface area (Å²) in [5.41, 5.74) is 5.80. The van der Waals surface area contributed by atoms with Gasteiger partial charge in [0.25, 0.3) is 5.91 Å². The third-order valence-electron chi connectivity index (χ3n) is 3.85. The molecule has 0 aromatic heterocycles. The first-order valence-electron chi connectivity index (χ1n) is 7.79. The molecule has 0 bridgehead atoms. The van der Waals surface area contributed by atoms with Crippen LogP contribution in [0.25, 0.3) is 0 Å². The average Bonchev–Trinajstić information content (AvgIpc) is 2.65. The number of nitrogens with two attached hydrogens (primary N) is 1. The Morgan fingerprint density at radius 1 is 1.33 bits per heavy atom. The van der Waals surface area contributed by atoms with Gasteiger partial charge in [0, 0.05) is 19.6 Å². The standard InChI is InChI=1S/C16H24N2O6/c1-22-14-8-11(16(21)12(19)9-17)2-3-13(14)24-10-15(20)18-4-6-23-7-5-18/h2-3,8,12,16,19,21H,4-7,9-10,17H2,1H3. The van der Waals surface area contributed by atoms with E-state index in [0.29, 0.717) is 43.4 Å². The molecule has 8 heteroatoms. The van der Waals surface area contributed by atoms with Crippen molar-refractivity contribution in [3.63, 3.8) is 0 Å². The molecule has 0 saturated carbocycles. The molecule has 2 atom stereocenters. The predicted molar refractivity (Wildman–Crippen MR) is 85.9 cm³/mol. The summed E-state index contributed by atoms with van der Waals surface area (Å²) >= 11 is 0. The van der Waals surface area contributed by atoms with Crippen LogP contribution in [-0.2, 0) is 9.53 Å². The van der Waals surface area contributed by atoms with Crippen LogP contribution in [0.5, 0.6) is 11.5 Å². The molecule has 1 heterocycles. The highest BCUT2D eigenvalue weighted by Gasteiger charge is 2.20. The van der Waals surface area contributed by atoms with Crippen molar-refractivity contribution in [2.24, 2.45) is 5.73 Å². The number of ether oxygens (including phenoxy) is 3. The van der Waals surface area contributed by atoms with Crippen LogP contribution in [0.15, 0.2) is 18.2 Å². The molecule has 2 rings (SSSR count). The lowest BCUT2D eigenvalue weighted by Gasteiger charge is -2.26. The van der Waals surface area contributed by atoms with Crippen molar-refractivity contribution in [2.75, 3.05) is 46.6 Å². The number of aliphatic hydroxyl groups excluding tert-OH is 2. The fourth-order valence-corrected chi connectivity index (χ4v) is 2.38. The zero-order valence-corrected chi connectivity index (χ0v) is 13.7. The number of methoxy groups -OCH3 is 1. The molecule has 0 radical (unpaired) electrons. The van der Waals surface area contributed by atoms with Gasteiger partial charge >= 0.3 is 0 Å². The molecule has 24 heavy (non-hydrogen) atoms. The van der Waals surface area contributed by atoms with Crippen LogP contribution in [0.1, 0.15) is 11.7 Å². The molecule has 1 aliphatic heterocycles. The highest BCUT2D eigenvalue weighted by molar-refractivity contribution is 5.78. The Morgan fingerprint density at radius 2 is 2.04 bits per heavy atom. The smallest absolute Gasteiger partial charge is 0.260 e. The van der Waals surface area contributed by atoms with Gasteiger partial charge in [-0.05, 0) is 17.7 Å². The van der Waals surface area contributed by atoms with Crippen LogP contribution < -0.4 is 15.2 Å². The molecular formula is C16H24N2O6. The van der Waals surface area contributed by atoms with Gasteiger partial charge in [-0.1, -0.05) is 6.07 Å². The number of carbonyl (C=O) groups excluding carboxylic acids is 1. The Labute approximate surface area is 140 Å². The van der Waals surface area contributed by atoms with Gasteiger partial charge in [-0.15, -0.1) is 0 Å². The fraction of sp³-hybridized carbons (Fsp3) is 0.562. The molecule has 0 spiro atoms. The van der Waals surface area contributed by atoms with Crippen molar-refractivity contribution >= 4 is 5.91 Å². The third kappa shape index (κ3) is 4.57. The lowest BCUT2D eigenvalue weighted by molar-refractivity contribution is -0.137. The van der Waals surface area contributed by atoms with Crippen LogP contribution in [-0.4, -0.2) is 73.7 Å². The van der Waals surface area contributed by atoms with Gasteiger partial charge in [-0.3, -0.25) is 4.79 Å². The lowest BCUT2D eigenvalue weighted by atomic mass is 10.0. The molecular weight excluding hydrogens is 316 g/mol. The minimum absolute atomic E-state index is 0.0597. The summed E-state index contributed by atoms with van der Waals surface area (Å²) in [6, 6.07) is 4.74. The van der Waals surface area contributed by atoms with E-state index in [1.807, 2.05) is 0 Å². The van der Waals surface area contributed by atoms with Crippen LogP contribution >= 0.6 is 0 Å². The summed E-state index contributed by atoms with van der Waals surface area (Å²) in [6.07, 6.45) is -2.18. The van der Waals surface area contributed by atoms with Crippen molar-refractivity contribution in [1.29, 1.82) is 0 Å². The molecule has 1 fully saturated rings. The van der Waals surface area contributed by atoms with E-state index in [2.05, 4.69) is 0 Å². The van der Waals surface area contributed by atoms with E-state index in [9.17, 15) is 15.0 Å². The molecule has 134 valence electrons. The summed E-state index contributed by atoms with van der Waals surface area (Å²) in [7, 11) is 1.46. The Bertz CT molecular complexity index is 547. The Hall–Kier alpha value is -1.87. The molecule has 1 saturated heterocycles. The molecule has 1 aromatic rings. The fourth-order valence-electron chi connectivity index (χ4n) is 2.38. The maximum atomic E-state index is 12.1. The van der Waals surface area contributed by atoms with Gasteiger partial charge in [0.1, 0.15) is 6.10 Å². The first kappa shape index (κ1) is 18.5. The Morgan fingerprint density at radius 3 is 2.67 bits per heavy atom. The molecule has 4 N–H and O–H groups in total. The van der Waals surface area contributed by atoms with Gasteiger partial charge in [0.15, 0.2) is 18.1 Å². The zero-order chi connectivity index (χ0) is 17.5. The quantitative estimate of drug-likeness (QED) is 0.600. The van der Waals surface area contributed by atoms with Crippen LogP contribution in [0.4, 0.5) is 0 Å². The number of carbonyl (C=O) groups is 1. The molecule has 1 aromatic carbocycles.